The topological polar surface area (TPSA) is 56.8 Å². The molecule has 2 aliphatic rings. The molecule has 122 valence electrons. The fourth-order valence-corrected chi connectivity index (χ4v) is 3.34. The molecule has 3 heterocycles. The molecule has 2 amide bonds. The van der Waals surface area contributed by atoms with Gasteiger partial charge in [0, 0.05) is 38.1 Å². The molecule has 0 saturated carbocycles. The highest BCUT2D eigenvalue weighted by atomic mass is 35.5. The van der Waals surface area contributed by atoms with Crippen molar-refractivity contribution >= 4 is 29.1 Å². The van der Waals surface area contributed by atoms with Crippen LogP contribution in [0.3, 0.4) is 0 Å². The van der Waals surface area contributed by atoms with Crippen molar-refractivity contribution in [3.8, 4) is 0 Å². The Morgan fingerprint density at radius 1 is 0.917 bits per heavy atom. The summed E-state index contributed by atoms with van der Waals surface area (Å²) in [6.07, 6.45) is 1.67. The van der Waals surface area contributed by atoms with Crippen LogP contribution in [0.5, 0.6) is 0 Å². The number of imide groups is 1. The van der Waals surface area contributed by atoms with Crippen LogP contribution in [0, 0.1) is 0 Å². The number of aromatic nitrogens is 1. The third-order valence-electron chi connectivity index (χ3n) is 4.39. The van der Waals surface area contributed by atoms with Gasteiger partial charge in [-0.2, -0.15) is 0 Å². The van der Waals surface area contributed by atoms with Crippen molar-refractivity contribution in [1.82, 2.24) is 15.0 Å². The highest BCUT2D eigenvalue weighted by molar-refractivity contribution is 6.29. The van der Waals surface area contributed by atoms with Crippen LogP contribution in [0.4, 0.5) is 5.69 Å². The van der Waals surface area contributed by atoms with E-state index >= 15 is 0 Å². The summed E-state index contributed by atoms with van der Waals surface area (Å²) in [6.45, 7) is 2.58. The van der Waals surface area contributed by atoms with Gasteiger partial charge in [0.1, 0.15) is 5.15 Å². The monoisotopic (exact) mass is 342 g/mol. The lowest BCUT2D eigenvalue weighted by Gasteiger charge is -2.39. The molecule has 1 fully saturated rings. The predicted octanol–water partition coefficient (Wildman–Crippen LogP) is 2.07. The Balaban J connectivity index is 1.49. The molecule has 2 aromatic rings. The Kier molecular flexibility index (Phi) is 3.70. The number of benzene rings is 1. The zero-order valence-corrected chi connectivity index (χ0v) is 13.6. The second-order valence-electron chi connectivity index (χ2n) is 5.75. The van der Waals surface area contributed by atoms with Gasteiger partial charge in [-0.1, -0.05) is 23.7 Å². The number of hydrogen-bond donors (Lipinski definition) is 0. The van der Waals surface area contributed by atoms with Gasteiger partial charge in [-0.15, -0.1) is 0 Å². The molecule has 4 rings (SSSR count). The predicted molar refractivity (Wildman–Crippen MR) is 90.0 cm³/mol. The van der Waals surface area contributed by atoms with Gasteiger partial charge in [-0.05, 0) is 24.3 Å². The van der Waals surface area contributed by atoms with E-state index in [2.05, 4.69) is 9.88 Å². The van der Waals surface area contributed by atoms with Crippen LogP contribution in [0.15, 0.2) is 42.6 Å². The standard InChI is InChI=1S/C17H15ClN4O2/c18-15-11-12(5-6-19-15)20-7-9-21(10-8-20)22-16(23)13-3-1-2-4-14(13)17(22)24/h1-6,11H,7-10H2. The lowest BCUT2D eigenvalue weighted by Crippen LogP contribution is -2.55. The van der Waals surface area contributed by atoms with Crippen molar-refractivity contribution in [1.29, 1.82) is 0 Å². The number of hydrogen-bond acceptors (Lipinski definition) is 5. The molecule has 1 aromatic carbocycles. The fraction of sp³-hybridized carbons (Fsp3) is 0.235. The minimum atomic E-state index is -0.240. The van der Waals surface area contributed by atoms with Gasteiger partial charge in [0.2, 0.25) is 0 Å². The van der Waals surface area contributed by atoms with E-state index in [0.29, 0.717) is 42.5 Å². The van der Waals surface area contributed by atoms with Crippen LogP contribution < -0.4 is 4.90 Å². The Hall–Kier alpha value is -2.44. The maximum atomic E-state index is 12.5. The summed E-state index contributed by atoms with van der Waals surface area (Å²) in [5.74, 6) is -0.480. The van der Waals surface area contributed by atoms with Gasteiger partial charge in [-0.25, -0.2) is 15.0 Å². The van der Waals surface area contributed by atoms with Gasteiger partial charge < -0.3 is 4.90 Å². The first kappa shape index (κ1) is 15.1. The van der Waals surface area contributed by atoms with Gasteiger partial charge in [0.05, 0.1) is 11.1 Å². The summed E-state index contributed by atoms with van der Waals surface area (Å²) in [7, 11) is 0. The van der Waals surface area contributed by atoms with E-state index in [-0.39, 0.29) is 11.8 Å². The highest BCUT2D eigenvalue weighted by Crippen LogP contribution is 2.26. The molecule has 6 nitrogen and oxygen atoms in total. The number of carbonyl (C=O) groups excluding carboxylic acids is 2. The Morgan fingerprint density at radius 3 is 2.12 bits per heavy atom. The number of halogens is 1. The number of piperazine rings is 1. The Labute approximate surface area is 144 Å². The number of carbonyl (C=O) groups is 2. The molecule has 0 unspecified atom stereocenters. The van der Waals surface area contributed by atoms with Crippen LogP contribution in [0.2, 0.25) is 5.15 Å². The van der Waals surface area contributed by atoms with Crippen molar-refractivity contribution in [2.75, 3.05) is 31.1 Å². The normalized spacial score (nSPS) is 18.2. The zero-order valence-electron chi connectivity index (χ0n) is 12.9. The van der Waals surface area contributed by atoms with Crippen LogP contribution in [0.1, 0.15) is 20.7 Å². The fourth-order valence-electron chi connectivity index (χ4n) is 3.18. The molecular formula is C17H15ClN4O2. The number of hydrazine groups is 1. The van der Waals surface area contributed by atoms with Crippen LogP contribution >= 0.6 is 11.6 Å². The van der Waals surface area contributed by atoms with Crippen molar-refractivity contribution in [3.63, 3.8) is 0 Å². The number of rotatable bonds is 2. The highest BCUT2D eigenvalue weighted by Gasteiger charge is 2.40. The lowest BCUT2D eigenvalue weighted by atomic mass is 10.1. The Morgan fingerprint density at radius 2 is 1.54 bits per heavy atom. The molecule has 1 aromatic heterocycles. The molecule has 0 aliphatic carbocycles. The van der Waals surface area contributed by atoms with E-state index in [1.807, 2.05) is 17.1 Å². The summed E-state index contributed by atoms with van der Waals surface area (Å²) in [5.41, 5.74) is 1.95. The third-order valence-corrected chi connectivity index (χ3v) is 4.59. The summed E-state index contributed by atoms with van der Waals surface area (Å²) < 4.78 is 0. The quantitative estimate of drug-likeness (QED) is 0.617. The minimum absolute atomic E-state index is 0.240. The first-order valence-corrected chi connectivity index (χ1v) is 8.12. The first-order chi connectivity index (χ1) is 11.6. The minimum Gasteiger partial charge on any atom is -0.369 e. The molecule has 0 bridgehead atoms. The summed E-state index contributed by atoms with van der Waals surface area (Å²) in [5, 5.41) is 3.56. The number of fused-ring (bicyclic) bond motifs is 1. The maximum absolute atomic E-state index is 12.5. The smallest absolute Gasteiger partial charge is 0.276 e. The van der Waals surface area contributed by atoms with E-state index in [4.69, 9.17) is 11.6 Å². The van der Waals surface area contributed by atoms with E-state index in [9.17, 15) is 9.59 Å². The van der Waals surface area contributed by atoms with E-state index in [0.717, 1.165) is 5.69 Å². The molecule has 0 radical (unpaired) electrons. The van der Waals surface area contributed by atoms with E-state index in [1.165, 1.54) is 5.01 Å². The molecule has 0 atom stereocenters. The first-order valence-electron chi connectivity index (χ1n) is 7.74. The van der Waals surface area contributed by atoms with Crippen LogP contribution in [-0.2, 0) is 0 Å². The van der Waals surface area contributed by atoms with E-state index in [1.54, 1.807) is 30.5 Å². The molecule has 2 aliphatic heterocycles. The maximum Gasteiger partial charge on any atom is 0.276 e. The van der Waals surface area contributed by atoms with E-state index < -0.39 is 0 Å². The Bertz CT molecular complexity index is 783. The summed E-state index contributed by atoms with van der Waals surface area (Å²) >= 11 is 5.94. The largest absolute Gasteiger partial charge is 0.369 e. The van der Waals surface area contributed by atoms with Crippen molar-refractivity contribution in [2.45, 2.75) is 0 Å². The van der Waals surface area contributed by atoms with Gasteiger partial charge in [0.15, 0.2) is 0 Å². The molecule has 0 N–H and O–H groups in total. The second-order valence-corrected chi connectivity index (χ2v) is 6.13. The second kappa shape index (κ2) is 5.89. The van der Waals surface area contributed by atoms with Crippen LogP contribution in [-0.4, -0.2) is 53.0 Å². The molecular weight excluding hydrogens is 328 g/mol. The third kappa shape index (κ3) is 2.44. The van der Waals surface area contributed by atoms with Crippen LogP contribution in [0.25, 0.3) is 0 Å². The van der Waals surface area contributed by atoms with Crippen molar-refractivity contribution in [3.05, 3.63) is 58.9 Å². The number of pyridine rings is 1. The summed E-state index contributed by atoms with van der Waals surface area (Å²) in [4.78, 5) is 31.2. The molecule has 0 spiro atoms. The molecule has 24 heavy (non-hydrogen) atoms. The number of nitrogens with zero attached hydrogens (tertiary/aromatic N) is 4. The van der Waals surface area contributed by atoms with Crippen molar-refractivity contribution < 1.29 is 9.59 Å². The average molecular weight is 343 g/mol. The summed E-state index contributed by atoms with van der Waals surface area (Å²) in [6, 6.07) is 10.7. The average Bonchev–Trinajstić information content (AvgIpc) is 2.87. The number of anilines is 1. The SMILES string of the molecule is O=C1c2ccccc2C(=O)N1N1CCN(c2ccnc(Cl)c2)CC1. The molecule has 1 saturated heterocycles. The van der Waals surface area contributed by atoms with Gasteiger partial charge in [-0.3, -0.25) is 9.59 Å². The van der Waals surface area contributed by atoms with Gasteiger partial charge in [0.25, 0.3) is 11.8 Å². The number of amides is 2. The molecule has 7 heteroatoms. The zero-order chi connectivity index (χ0) is 16.7. The lowest BCUT2D eigenvalue weighted by molar-refractivity contribution is -0.000887. The van der Waals surface area contributed by atoms with Gasteiger partial charge >= 0.3 is 0 Å². The van der Waals surface area contributed by atoms with Crippen molar-refractivity contribution in [2.24, 2.45) is 0 Å².